The summed E-state index contributed by atoms with van der Waals surface area (Å²) < 4.78 is 5.64. The lowest BCUT2D eigenvalue weighted by atomic mass is 9.97. The number of para-hydroxylation sites is 1. The van der Waals surface area contributed by atoms with Gasteiger partial charge in [0.1, 0.15) is 5.58 Å². The van der Waals surface area contributed by atoms with Gasteiger partial charge in [0.15, 0.2) is 0 Å². The van der Waals surface area contributed by atoms with Crippen LogP contribution in [-0.4, -0.2) is 11.1 Å². The normalized spacial score (nSPS) is 12.5. The molecule has 0 saturated carbocycles. The highest BCUT2D eigenvalue weighted by molar-refractivity contribution is 6.33. The molecule has 1 atom stereocenters. The zero-order valence-electron chi connectivity index (χ0n) is 11.3. The molecule has 1 aromatic heterocycles. The first-order valence-corrected chi connectivity index (χ1v) is 6.95. The molecule has 106 valence electrons. The monoisotopic (exact) mass is 300 g/mol. The number of carbonyl (C=O) groups is 1. The van der Waals surface area contributed by atoms with Gasteiger partial charge in [-0.1, -0.05) is 48.0 Å². The Bertz CT molecular complexity index is 820. The Labute approximate surface area is 126 Å². The van der Waals surface area contributed by atoms with Gasteiger partial charge in [0.2, 0.25) is 0 Å². The Morgan fingerprint density at radius 3 is 2.62 bits per heavy atom. The smallest absolute Gasteiger partial charge is 0.310 e. The molecular formula is C17H13ClO3. The molecule has 4 heteroatoms. The van der Waals surface area contributed by atoms with Crippen LogP contribution in [0.4, 0.5) is 0 Å². The zero-order valence-corrected chi connectivity index (χ0v) is 12.1. The summed E-state index contributed by atoms with van der Waals surface area (Å²) in [7, 11) is 0. The Hall–Kier alpha value is -2.26. The van der Waals surface area contributed by atoms with Crippen LogP contribution in [0.2, 0.25) is 5.02 Å². The molecule has 0 aliphatic heterocycles. The molecule has 3 aromatic rings. The molecular weight excluding hydrogens is 288 g/mol. The van der Waals surface area contributed by atoms with Gasteiger partial charge in [-0.25, -0.2) is 0 Å². The predicted octanol–water partition coefficient (Wildman–Crippen LogP) is 4.94. The first kappa shape index (κ1) is 13.7. The number of halogens is 1. The van der Waals surface area contributed by atoms with Crippen LogP contribution < -0.4 is 0 Å². The number of hydrogen-bond donors (Lipinski definition) is 1. The van der Waals surface area contributed by atoms with Crippen molar-refractivity contribution in [2.75, 3.05) is 0 Å². The number of furan rings is 1. The second kappa shape index (κ2) is 5.26. The molecule has 0 aliphatic rings. The van der Waals surface area contributed by atoms with Crippen LogP contribution in [0.5, 0.6) is 0 Å². The van der Waals surface area contributed by atoms with E-state index in [4.69, 9.17) is 16.0 Å². The first-order chi connectivity index (χ1) is 10.1. The van der Waals surface area contributed by atoms with E-state index in [9.17, 15) is 9.90 Å². The molecule has 1 N–H and O–H groups in total. The maximum Gasteiger partial charge on any atom is 0.310 e. The van der Waals surface area contributed by atoms with Crippen LogP contribution in [-0.2, 0) is 4.79 Å². The molecule has 2 aromatic carbocycles. The van der Waals surface area contributed by atoms with Gasteiger partial charge in [-0.3, -0.25) is 4.79 Å². The summed E-state index contributed by atoms with van der Waals surface area (Å²) in [5, 5.41) is 10.7. The van der Waals surface area contributed by atoms with Crippen LogP contribution in [0.1, 0.15) is 18.4 Å². The molecule has 0 aliphatic carbocycles. The number of benzene rings is 2. The molecule has 0 amide bonds. The lowest BCUT2D eigenvalue weighted by Gasteiger charge is -2.07. The quantitative estimate of drug-likeness (QED) is 0.745. The fourth-order valence-corrected chi connectivity index (χ4v) is 2.68. The highest BCUT2D eigenvalue weighted by atomic mass is 35.5. The number of fused-ring (bicyclic) bond motifs is 1. The van der Waals surface area contributed by atoms with E-state index in [0.717, 1.165) is 16.5 Å². The molecule has 0 unspecified atom stereocenters. The molecule has 0 bridgehead atoms. The van der Waals surface area contributed by atoms with E-state index in [0.29, 0.717) is 16.2 Å². The van der Waals surface area contributed by atoms with Crippen molar-refractivity contribution in [3.8, 4) is 11.1 Å². The Morgan fingerprint density at radius 1 is 1.14 bits per heavy atom. The van der Waals surface area contributed by atoms with Crippen molar-refractivity contribution in [1.29, 1.82) is 0 Å². The maximum atomic E-state index is 11.2. The van der Waals surface area contributed by atoms with Crippen LogP contribution in [0.3, 0.4) is 0 Å². The molecule has 3 rings (SSSR count). The van der Waals surface area contributed by atoms with Crippen molar-refractivity contribution in [1.82, 2.24) is 0 Å². The lowest BCUT2D eigenvalue weighted by molar-refractivity contribution is -0.138. The third-order valence-corrected chi connectivity index (χ3v) is 3.96. The van der Waals surface area contributed by atoms with E-state index < -0.39 is 11.9 Å². The Balaban J connectivity index is 2.23. The van der Waals surface area contributed by atoms with Crippen LogP contribution >= 0.6 is 11.6 Å². The SMILES string of the molecule is C[C@@H](C(=O)O)c1cccc2c(-c3ccccc3Cl)coc12. The summed E-state index contributed by atoms with van der Waals surface area (Å²) in [5.41, 5.74) is 3.01. The summed E-state index contributed by atoms with van der Waals surface area (Å²) >= 11 is 6.23. The fraction of sp³-hybridized carbons (Fsp3) is 0.118. The summed E-state index contributed by atoms with van der Waals surface area (Å²) in [5.74, 6) is -1.50. The lowest BCUT2D eigenvalue weighted by Crippen LogP contribution is -2.07. The average molecular weight is 301 g/mol. The van der Waals surface area contributed by atoms with Gasteiger partial charge >= 0.3 is 5.97 Å². The minimum Gasteiger partial charge on any atom is -0.481 e. The number of rotatable bonds is 3. The van der Waals surface area contributed by atoms with Crippen molar-refractivity contribution >= 4 is 28.5 Å². The molecule has 0 spiro atoms. The Morgan fingerprint density at radius 2 is 1.90 bits per heavy atom. The second-order valence-corrected chi connectivity index (χ2v) is 5.32. The average Bonchev–Trinajstić information content (AvgIpc) is 2.90. The van der Waals surface area contributed by atoms with Crippen LogP contribution in [0, 0.1) is 0 Å². The van der Waals surface area contributed by atoms with E-state index >= 15 is 0 Å². The van der Waals surface area contributed by atoms with Crippen molar-refractivity contribution in [2.24, 2.45) is 0 Å². The molecule has 3 nitrogen and oxygen atoms in total. The summed E-state index contributed by atoms with van der Waals surface area (Å²) in [6, 6.07) is 13.0. The van der Waals surface area contributed by atoms with Gasteiger partial charge in [0, 0.05) is 27.1 Å². The predicted molar refractivity (Wildman–Crippen MR) is 82.7 cm³/mol. The highest BCUT2D eigenvalue weighted by Crippen LogP contribution is 2.37. The van der Waals surface area contributed by atoms with Gasteiger partial charge in [-0.05, 0) is 13.0 Å². The Kier molecular flexibility index (Phi) is 3.43. The van der Waals surface area contributed by atoms with E-state index in [-0.39, 0.29) is 0 Å². The topological polar surface area (TPSA) is 50.4 Å². The van der Waals surface area contributed by atoms with Crippen molar-refractivity contribution in [2.45, 2.75) is 12.8 Å². The largest absolute Gasteiger partial charge is 0.481 e. The van der Waals surface area contributed by atoms with E-state index in [1.54, 1.807) is 19.3 Å². The number of carboxylic acid groups (broad SMARTS) is 1. The van der Waals surface area contributed by atoms with E-state index in [1.165, 1.54) is 0 Å². The summed E-state index contributed by atoms with van der Waals surface area (Å²) in [6.07, 6.45) is 1.63. The van der Waals surface area contributed by atoms with Gasteiger partial charge in [-0.15, -0.1) is 0 Å². The minimum atomic E-state index is -0.877. The van der Waals surface area contributed by atoms with Crippen LogP contribution in [0.25, 0.3) is 22.1 Å². The number of hydrogen-bond acceptors (Lipinski definition) is 2. The number of carboxylic acids is 1. The minimum absolute atomic E-state index is 0.599. The van der Waals surface area contributed by atoms with Gasteiger partial charge in [-0.2, -0.15) is 0 Å². The molecule has 0 fully saturated rings. The zero-order chi connectivity index (χ0) is 15.0. The van der Waals surface area contributed by atoms with Gasteiger partial charge in [0.05, 0.1) is 12.2 Å². The molecule has 21 heavy (non-hydrogen) atoms. The first-order valence-electron chi connectivity index (χ1n) is 6.57. The third kappa shape index (κ3) is 2.30. The standard InChI is InChI=1S/C17H13ClO3/c1-10(17(19)20)11-6-4-7-13-14(9-21-16(11)13)12-5-2-3-8-15(12)18/h2-10H,1H3,(H,19,20)/t10-/m1/s1. The molecule has 0 saturated heterocycles. The highest BCUT2D eigenvalue weighted by Gasteiger charge is 2.20. The van der Waals surface area contributed by atoms with Crippen molar-refractivity contribution in [3.05, 3.63) is 59.3 Å². The number of aliphatic carboxylic acids is 1. The summed E-state index contributed by atoms with van der Waals surface area (Å²) in [4.78, 5) is 11.2. The second-order valence-electron chi connectivity index (χ2n) is 4.91. The maximum absolute atomic E-state index is 11.2. The van der Waals surface area contributed by atoms with Crippen molar-refractivity contribution < 1.29 is 14.3 Å². The van der Waals surface area contributed by atoms with Crippen LogP contribution in [0.15, 0.2) is 53.1 Å². The third-order valence-electron chi connectivity index (χ3n) is 3.63. The van der Waals surface area contributed by atoms with Gasteiger partial charge in [0.25, 0.3) is 0 Å². The fourth-order valence-electron chi connectivity index (χ4n) is 2.44. The summed E-state index contributed by atoms with van der Waals surface area (Å²) in [6.45, 7) is 1.65. The van der Waals surface area contributed by atoms with Gasteiger partial charge < -0.3 is 9.52 Å². The van der Waals surface area contributed by atoms with Crippen molar-refractivity contribution in [3.63, 3.8) is 0 Å². The van der Waals surface area contributed by atoms with E-state index in [2.05, 4.69) is 0 Å². The molecule has 0 radical (unpaired) electrons. The molecule has 1 heterocycles. The van der Waals surface area contributed by atoms with E-state index in [1.807, 2.05) is 36.4 Å².